The highest BCUT2D eigenvalue weighted by molar-refractivity contribution is 5.96. The minimum absolute atomic E-state index is 0.125. The van der Waals surface area contributed by atoms with E-state index in [1.165, 1.54) is 0 Å². The summed E-state index contributed by atoms with van der Waals surface area (Å²) in [6.07, 6.45) is 5.02. The lowest BCUT2D eigenvalue weighted by molar-refractivity contribution is 0.0520. The van der Waals surface area contributed by atoms with Gasteiger partial charge in [0, 0.05) is 5.56 Å². The molecule has 1 aromatic carbocycles. The van der Waals surface area contributed by atoms with E-state index in [2.05, 4.69) is 15.2 Å². The van der Waals surface area contributed by atoms with Crippen LogP contribution < -0.4 is 0 Å². The third kappa shape index (κ3) is 3.11. The second-order valence-electron chi connectivity index (χ2n) is 6.29. The average Bonchev–Trinajstić information content (AvgIpc) is 3.48. The Kier molecular flexibility index (Phi) is 4.80. The molecule has 0 bridgehead atoms. The van der Waals surface area contributed by atoms with E-state index in [9.17, 15) is 4.79 Å². The fraction of sp³-hybridized carbons (Fsp3) is 0.190. The smallest absolute Gasteiger partial charge is 0.357 e. The Morgan fingerprint density at radius 2 is 2.07 bits per heavy atom. The Bertz CT molecular complexity index is 1060. The zero-order valence-electron chi connectivity index (χ0n) is 15.6. The van der Waals surface area contributed by atoms with Gasteiger partial charge in [0.25, 0.3) is 0 Å². The molecule has 4 aromatic rings. The number of carbonyl (C=O) groups excluding carboxylic acids is 1. The van der Waals surface area contributed by atoms with Crippen LogP contribution in [-0.2, 0) is 4.74 Å². The molecule has 0 radical (unpaired) electrons. The lowest BCUT2D eigenvalue weighted by atomic mass is 10.0. The SMILES string of the molecule is CCOC(=O)c1[nH]ncc1-c1c(-c2ccccc2)ncn1[C@H](C)c1ccco1. The van der Waals surface area contributed by atoms with Crippen molar-refractivity contribution in [2.24, 2.45) is 0 Å². The molecule has 1 N–H and O–H groups in total. The second kappa shape index (κ2) is 7.56. The predicted octanol–water partition coefficient (Wildman–Crippen LogP) is 4.32. The summed E-state index contributed by atoms with van der Waals surface area (Å²) in [6, 6.07) is 13.5. The van der Waals surface area contributed by atoms with Crippen LogP contribution in [0.1, 0.15) is 36.1 Å². The standard InChI is InChI=1S/C21H20N4O3/c1-3-27-21(26)19-16(12-23-24-19)20-18(15-8-5-4-6-9-15)22-13-25(20)14(2)17-10-7-11-28-17/h4-14H,3H2,1-2H3,(H,23,24)/t14-/m1/s1. The third-order valence-electron chi connectivity index (χ3n) is 4.59. The van der Waals surface area contributed by atoms with E-state index < -0.39 is 5.97 Å². The van der Waals surface area contributed by atoms with Crippen LogP contribution in [0.25, 0.3) is 22.5 Å². The molecule has 0 saturated carbocycles. The molecule has 0 saturated heterocycles. The number of furan rings is 1. The number of benzene rings is 1. The molecule has 7 heteroatoms. The van der Waals surface area contributed by atoms with Crippen molar-refractivity contribution in [2.75, 3.05) is 6.61 Å². The average molecular weight is 376 g/mol. The summed E-state index contributed by atoms with van der Waals surface area (Å²) in [7, 11) is 0. The lowest BCUT2D eigenvalue weighted by Gasteiger charge is -2.15. The van der Waals surface area contributed by atoms with Crippen LogP contribution in [0.15, 0.2) is 65.7 Å². The van der Waals surface area contributed by atoms with Crippen LogP contribution in [0, 0.1) is 0 Å². The molecule has 28 heavy (non-hydrogen) atoms. The van der Waals surface area contributed by atoms with Gasteiger partial charge in [0.15, 0.2) is 5.69 Å². The van der Waals surface area contributed by atoms with Crippen molar-refractivity contribution in [2.45, 2.75) is 19.9 Å². The van der Waals surface area contributed by atoms with Crippen molar-refractivity contribution in [3.63, 3.8) is 0 Å². The molecular weight excluding hydrogens is 356 g/mol. The third-order valence-corrected chi connectivity index (χ3v) is 4.59. The van der Waals surface area contributed by atoms with Crippen LogP contribution in [0.2, 0.25) is 0 Å². The van der Waals surface area contributed by atoms with Crippen LogP contribution in [0.4, 0.5) is 0 Å². The number of rotatable bonds is 6. The van der Waals surface area contributed by atoms with Gasteiger partial charge in [-0.1, -0.05) is 30.3 Å². The van der Waals surface area contributed by atoms with Crippen molar-refractivity contribution in [1.82, 2.24) is 19.7 Å². The molecule has 142 valence electrons. The number of hydrogen-bond donors (Lipinski definition) is 1. The summed E-state index contributed by atoms with van der Waals surface area (Å²) in [5, 5.41) is 6.86. The highest BCUT2D eigenvalue weighted by Crippen LogP contribution is 2.36. The molecule has 0 fully saturated rings. The van der Waals surface area contributed by atoms with E-state index in [1.807, 2.05) is 54.0 Å². The summed E-state index contributed by atoms with van der Waals surface area (Å²) in [5.74, 6) is 0.340. The molecule has 7 nitrogen and oxygen atoms in total. The Labute approximate surface area is 162 Å². The van der Waals surface area contributed by atoms with E-state index in [0.717, 1.165) is 22.7 Å². The molecule has 0 aliphatic heterocycles. The highest BCUT2D eigenvalue weighted by atomic mass is 16.5. The van der Waals surface area contributed by atoms with Crippen molar-refractivity contribution >= 4 is 5.97 Å². The van der Waals surface area contributed by atoms with Gasteiger partial charge in [-0.25, -0.2) is 9.78 Å². The number of ether oxygens (including phenoxy) is 1. The number of esters is 1. The van der Waals surface area contributed by atoms with Crippen molar-refractivity contribution < 1.29 is 13.9 Å². The van der Waals surface area contributed by atoms with Crippen LogP contribution in [-0.4, -0.2) is 32.3 Å². The number of nitrogens with one attached hydrogen (secondary N) is 1. The van der Waals surface area contributed by atoms with Gasteiger partial charge in [-0.2, -0.15) is 5.10 Å². The number of carbonyl (C=O) groups is 1. The summed E-state index contributed by atoms with van der Waals surface area (Å²) in [4.78, 5) is 17.1. The van der Waals surface area contributed by atoms with Crippen molar-refractivity contribution in [3.05, 3.63) is 72.7 Å². The Morgan fingerprint density at radius 3 is 2.79 bits per heavy atom. The molecule has 3 heterocycles. The number of nitrogens with zero attached hydrogens (tertiary/aromatic N) is 3. The molecular formula is C21H20N4O3. The van der Waals surface area contributed by atoms with E-state index in [0.29, 0.717) is 11.3 Å². The van der Waals surface area contributed by atoms with Gasteiger partial charge in [-0.3, -0.25) is 5.10 Å². The van der Waals surface area contributed by atoms with Gasteiger partial charge in [0.2, 0.25) is 0 Å². The van der Waals surface area contributed by atoms with E-state index in [4.69, 9.17) is 9.15 Å². The van der Waals surface area contributed by atoms with Gasteiger partial charge >= 0.3 is 5.97 Å². The molecule has 3 aromatic heterocycles. The van der Waals surface area contributed by atoms with Gasteiger partial charge < -0.3 is 13.7 Å². The Morgan fingerprint density at radius 1 is 1.25 bits per heavy atom. The quantitative estimate of drug-likeness (QED) is 0.507. The highest BCUT2D eigenvalue weighted by Gasteiger charge is 2.26. The van der Waals surface area contributed by atoms with E-state index in [-0.39, 0.29) is 12.6 Å². The van der Waals surface area contributed by atoms with Crippen molar-refractivity contribution in [1.29, 1.82) is 0 Å². The number of aromatic amines is 1. The number of aromatic nitrogens is 4. The van der Waals surface area contributed by atoms with Crippen LogP contribution in [0.5, 0.6) is 0 Å². The van der Waals surface area contributed by atoms with E-state index >= 15 is 0 Å². The maximum absolute atomic E-state index is 12.4. The first kappa shape index (κ1) is 17.8. The van der Waals surface area contributed by atoms with Gasteiger partial charge in [-0.15, -0.1) is 0 Å². The largest absolute Gasteiger partial charge is 0.467 e. The summed E-state index contributed by atoms with van der Waals surface area (Å²) < 4.78 is 12.8. The number of H-pyrrole nitrogens is 1. The first-order valence-electron chi connectivity index (χ1n) is 9.07. The summed E-state index contributed by atoms with van der Waals surface area (Å²) in [5.41, 5.74) is 3.40. The maximum atomic E-state index is 12.4. The first-order valence-corrected chi connectivity index (χ1v) is 9.07. The van der Waals surface area contributed by atoms with Crippen LogP contribution >= 0.6 is 0 Å². The van der Waals surface area contributed by atoms with Gasteiger partial charge in [0.1, 0.15) is 5.76 Å². The summed E-state index contributed by atoms with van der Waals surface area (Å²) in [6.45, 7) is 4.07. The number of imidazole rings is 1. The molecule has 4 rings (SSSR count). The molecule has 0 aliphatic carbocycles. The first-order chi connectivity index (χ1) is 13.7. The minimum atomic E-state index is -0.451. The zero-order chi connectivity index (χ0) is 19.5. The molecule has 0 unspecified atom stereocenters. The lowest BCUT2D eigenvalue weighted by Crippen LogP contribution is -2.10. The maximum Gasteiger partial charge on any atom is 0.357 e. The minimum Gasteiger partial charge on any atom is -0.467 e. The van der Waals surface area contributed by atoms with Crippen LogP contribution in [0.3, 0.4) is 0 Å². The topological polar surface area (TPSA) is 85.9 Å². The molecule has 1 atom stereocenters. The Hall–Kier alpha value is -3.61. The zero-order valence-corrected chi connectivity index (χ0v) is 15.6. The fourth-order valence-corrected chi connectivity index (χ4v) is 3.22. The Balaban J connectivity index is 1.90. The molecule has 0 aliphatic rings. The van der Waals surface area contributed by atoms with Crippen molar-refractivity contribution in [3.8, 4) is 22.5 Å². The normalized spacial score (nSPS) is 12.1. The predicted molar refractivity (Wildman–Crippen MR) is 104 cm³/mol. The van der Waals surface area contributed by atoms with E-state index in [1.54, 1.807) is 25.7 Å². The second-order valence-corrected chi connectivity index (χ2v) is 6.29. The monoisotopic (exact) mass is 376 g/mol. The molecule has 0 spiro atoms. The van der Waals surface area contributed by atoms with Gasteiger partial charge in [0.05, 0.1) is 48.4 Å². The summed E-state index contributed by atoms with van der Waals surface area (Å²) >= 11 is 0. The fourth-order valence-electron chi connectivity index (χ4n) is 3.22. The number of hydrogen-bond acceptors (Lipinski definition) is 5. The molecule has 0 amide bonds. The van der Waals surface area contributed by atoms with Gasteiger partial charge in [-0.05, 0) is 26.0 Å².